The number of nitrogen functional groups attached to an aromatic ring is 2. The van der Waals surface area contributed by atoms with Gasteiger partial charge >= 0.3 is 11.9 Å². The van der Waals surface area contributed by atoms with Crippen LogP contribution >= 0.6 is 0 Å². The third kappa shape index (κ3) is 4.48. The van der Waals surface area contributed by atoms with E-state index >= 15 is 0 Å². The zero-order valence-electron chi connectivity index (χ0n) is 22.3. The molecule has 0 spiro atoms. The van der Waals surface area contributed by atoms with Crippen LogP contribution in [-0.4, -0.2) is 52.5 Å². The molecule has 214 valence electrons. The quantitative estimate of drug-likeness (QED) is 0.152. The van der Waals surface area contributed by atoms with E-state index in [4.69, 9.17) is 20.3 Å². The smallest absolute Gasteiger partial charge is 0.336 e. The first kappa shape index (κ1) is 26.2. The summed E-state index contributed by atoms with van der Waals surface area (Å²) in [5, 5.41) is 36.8. The van der Waals surface area contributed by atoms with Gasteiger partial charge in [-0.3, -0.25) is 0 Å². The first-order valence-corrected chi connectivity index (χ1v) is 12.9. The highest BCUT2D eigenvalue weighted by molar-refractivity contribution is 6.15. The molecule has 4 heterocycles. The largest absolute Gasteiger partial charge is 0.478 e. The van der Waals surface area contributed by atoms with Crippen LogP contribution in [0.2, 0.25) is 0 Å². The van der Waals surface area contributed by atoms with Gasteiger partial charge in [0.1, 0.15) is 11.4 Å². The Kier molecular flexibility index (Phi) is 5.95. The molecular weight excluding hydrogens is 568 g/mol. The molecule has 7 rings (SSSR count). The normalized spacial score (nSPS) is 11.3. The highest BCUT2D eigenvalue weighted by Crippen LogP contribution is 2.34. The molecule has 44 heavy (non-hydrogen) atoms. The zero-order valence-corrected chi connectivity index (χ0v) is 22.3. The van der Waals surface area contributed by atoms with Crippen molar-refractivity contribution >= 4 is 45.1 Å². The minimum Gasteiger partial charge on any atom is -0.478 e. The highest BCUT2D eigenvalue weighted by atomic mass is 16.4. The van der Waals surface area contributed by atoms with Crippen molar-refractivity contribution in [1.29, 1.82) is 0 Å². The number of carboxylic acid groups (broad SMARTS) is 2. The topological polar surface area (TPSA) is 230 Å². The second kappa shape index (κ2) is 9.99. The molecule has 7 aromatic rings. The lowest BCUT2D eigenvalue weighted by Gasteiger charge is -2.10. The number of rotatable bonds is 6. The molecule has 0 saturated heterocycles. The van der Waals surface area contributed by atoms with Crippen LogP contribution in [0.1, 0.15) is 20.7 Å². The van der Waals surface area contributed by atoms with Crippen LogP contribution in [-0.2, 0) is 0 Å². The number of hydrogen-bond acceptors (Lipinski definition) is 12. The summed E-state index contributed by atoms with van der Waals surface area (Å²) in [7, 11) is 0. The molecule has 0 aliphatic carbocycles. The number of benzene rings is 3. The van der Waals surface area contributed by atoms with Crippen molar-refractivity contribution < 1.29 is 28.6 Å². The maximum atomic E-state index is 12.4. The van der Waals surface area contributed by atoms with Gasteiger partial charge in [-0.25, -0.2) is 19.6 Å². The maximum Gasteiger partial charge on any atom is 0.336 e. The van der Waals surface area contributed by atoms with Gasteiger partial charge in [0.25, 0.3) is 11.8 Å². The number of pyridine rings is 2. The summed E-state index contributed by atoms with van der Waals surface area (Å²) in [6.07, 6.45) is 0. The number of aromatic nitrogens is 6. The highest BCUT2D eigenvalue weighted by Gasteiger charge is 2.23. The van der Waals surface area contributed by atoms with Crippen LogP contribution in [0.4, 0.5) is 11.4 Å². The van der Waals surface area contributed by atoms with Crippen molar-refractivity contribution in [1.82, 2.24) is 30.4 Å². The van der Waals surface area contributed by atoms with Crippen LogP contribution in [0.15, 0.2) is 81.6 Å². The SMILES string of the molecule is Nc1ccc(-c2nnc(-c3cc(C(=O)O)c4ccc5c(C(=O)O)cc(-c6nnc(-c7ccc(N)cc7)o6)nc5c4n3)o2)cc1. The van der Waals surface area contributed by atoms with Crippen molar-refractivity contribution in [3.8, 4) is 46.1 Å². The fourth-order valence-corrected chi connectivity index (χ4v) is 4.69. The predicted molar refractivity (Wildman–Crippen MR) is 157 cm³/mol. The van der Waals surface area contributed by atoms with Crippen LogP contribution in [0, 0.1) is 0 Å². The number of nitrogens with zero attached hydrogens (tertiary/aromatic N) is 6. The molecule has 0 aliphatic heterocycles. The van der Waals surface area contributed by atoms with E-state index in [2.05, 4.69) is 30.4 Å². The standard InChI is InChI=1S/C30H18N8O6/c31-15-5-1-13(2-6-15)25-35-37-27(43-25)21-11-19(29(39)40)17-9-10-18-20(30(41)42)12-22(34-24(18)23(17)33-21)28-38-36-26(44-28)14-3-7-16(32)8-4-14/h1-12H,31-32H2,(H,39,40)(H,41,42). The summed E-state index contributed by atoms with van der Waals surface area (Å²) in [5.41, 5.74) is 13.8. The first-order valence-electron chi connectivity index (χ1n) is 12.9. The lowest BCUT2D eigenvalue weighted by molar-refractivity contribution is 0.0688. The van der Waals surface area contributed by atoms with E-state index in [-0.39, 0.29) is 67.9 Å². The average Bonchev–Trinajstić information content (AvgIpc) is 3.72. The van der Waals surface area contributed by atoms with E-state index in [1.54, 1.807) is 48.5 Å². The second-order valence-electron chi connectivity index (χ2n) is 9.65. The van der Waals surface area contributed by atoms with E-state index in [1.807, 2.05) is 0 Å². The lowest BCUT2D eigenvalue weighted by Crippen LogP contribution is -2.04. The van der Waals surface area contributed by atoms with Crippen LogP contribution in [0.25, 0.3) is 67.9 Å². The molecule has 0 aliphatic rings. The van der Waals surface area contributed by atoms with Crippen molar-refractivity contribution in [2.24, 2.45) is 0 Å². The molecule has 14 heteroatoms. The van der Waals surface area contributed by atoms with Gasteiger partial charge in [0.2, 0.25) is 11.8 Å². The second-order valence-corrected chi connectivity index (χ2v) is 9.65. The predicted octanol–water partition coefficient (Wildman–Crippen LogP) is 4.78. The van der Waals surface area contributed by atoms with Crippen molar-refractivity contribution in [2.45, 2.75) is 0 Å². The fourth-order valence-electron chi connectivity index (χ4n) is 4.69. The summed E-state index contributed by atoms with van der Waals surface area (Å²) in [6, 6.07) is 19.1. The fraction of sp³-hybridized carbons (Fsp3) is 0. The van der Waals surface area contributed by atoms with Gasteiger partial charge in [0, 0.05) is 33.3 Å². The van der Waals surface area contributed by atoms with Gasteiger partial charge in [-0.1, -0.05) is 12.1 Å². The minimum atomic E-state index is -1.25. The number of nitrogens with two attached hydrogens (primary N) is 2. The van der Waals surface area contributed by atoms with Crippen LogP contribution < -0.4 is 11.5 Å². The van der Waals surface area contributed by atoms with E-state index in [0.717, 1.165) is 0 Å². The van der Waals surface area contributed by atoms with E-state index in [0.29, 0.717) is 22.5 Å². The van der Waals surface area contributed by atoms with Gasteiger partial charge in [0.05, 0.1) is 22.2 Å². The van der Waals surface area contributed by atoms with E-state index in [1.165, 1.54) is 24.3 Å². The molecule has 0 atom stereocenters. The summed E-state index contributed by atoms with van der Waals surface area (Å²) < 4.78 is 11.6. The molecular formula is C30H18N8O6. The van der Waals surface area contributed by atoms with Crippen LogP contribution in [0.5, 0.6) is 0 Å². The zero-order chi connectivity index (χ0) is 30.5. The number of carboxylic acids is 2. The summed E-state index contributed by atoms with van der Waals surface area (Å²) in [5.74, 6) is -2.29. The Balaban J connectivity index is 1.42. The molecule has 0 bridgehead atoms. The van der Waals surface area contributed by atoms with Gasteiger partial charge in [-0.2, -0.15) is 0 Å². The van der Waals surface area contributed by atoms with Gasteiger partial charge in [0.15, 0.2) is 0 Å². The molecule has 0 radical (unpaired) electrons. The van der Waals surface area contributed by atoms with Crippen LogP contribution in [0.3, 0.4) is 0 Å². The molecule has 0 saturated carbocycles. The Morgan fingerprint density at radius 3 is 1.27 bits per heavy atom. The summed E-state index contributed by atoms with van der Waals surface area (Å²) >= 11 is 0. The Labute approximate surface area is 245 Å². The Morgan fingerprint density at radius 2 is 0.909 bits per heavy atom. The lowest BCUT2D eigenvalue weighted by atomic mass is 10.0. The molecule has 0 fully saturated rings. The Bertz CT molecular complexity index is 2100. The number of fused-ring (bicyclic) bond motifs is 3. The molecule has 4 aromatic heterocycles. The molecule has 3 aromatic carbocycles. The minimum absolute atomic E-state index is 0.0455. The average molecular weight is 587 g/mol. The van der Waals surface area contributed by atoms with Crippen molar-refractivity contribution in [3.63, 3.8) is 0 Å². The van der Waals surface area contributed by atoms with E-state index < -0.39 is 11.9 Å². The summed E-state index contributed by atoms with van der Waals surface area (Å²) in [6.45, 7) is 0. The van der Waals surface area contributed by atoms with Crippen molar-refractivity contribution in [3.05, 3.63) is 83.9 Å². The first-order chi connectivity index (χ1) is 21.2. The van der Waals surface area contributed by atoms with Gasteiger partial charge in [-0.15, -0.1) is 20.4 Å². The summed E-state index contributed by atoms with van der Waals surface area (Å²) in [4.78, 5) is 33.9. The maximum absolute atomic E-state index is 12.4. The molecule has 14 nitrogen and oxygen atoms in total. The third-order valence-electron chi connectivity index (χ3n) is 6.82. The Morgan fingerprint density at radius 1 is 0.545 bits per heavy atom. The number of anilines is 2. The molecule has 0 amide bonds. The third-order valence-corrected chi connectivity index (χ3v) is 6.82. The molecule has 0 unspecified atom stereocenters. The Hall–Kier alpha value is -6.70. The van der Waals surface area contributed by atoms with Gasteiger partial charge < -0.3 is 30.5 Å². The number of hydrogen-bond donors (Lipinski definition) is 4. The number of carbonyl (C=O) groups is 2. The monoisotopic (exact) mass is 586 g/mol. The van der Waals surface area contributed by atoms with E-state index in [9.17, 15) is 19.8 Å². The number of aromatic carboxylic acids is 2. The molecule has 6 N–H and O–H groups in total. The van der Waals surface area contributed by atoms with Gasteiger partial charge in [-0.05, 0) is 60.7 Å². The van der Waals surface area contributed by atoms with Crippen molar-refractivity contribution in [2.75, 3.05) is 11.5 Å².